The SMILES string of the molecule is CC(Nc1nc(N)nc(Cl)n1)c1cccc2ccccc12. The molecule has 0 aliphatic heterocycles. The van der Waals surface area contributed by atoms with Gasteiger partial charge in [-0.15, -0.1) is 0 Å². The van der Waals surface area contributed by atoms with Crippen LogP contribution in [0, 0.1) is 0 Å². The van der Waals surface area contributed by atoms with E-state index in [2.05, 4.69) is 44.5 Å². The van der Waals surface area contributed by atoms with Crippen molar-refractivity contribution in [3.8, 4) is 0 Å². The molecule has 106 valence electrons. The third-order valence-electron chi connectivity index (χ3n) is 3.26. The second kappa shape index (κ2) is 5.54. The van der Waals surface area contributed by atoms with Crippen LogP contribution in [0.15, 0.2) is 42.5 Å². The summed E-state index contributed by atoms with van der Waals surface area (Å²) in [6.45, 7) is 2.04. The zero-order valence-corrected chi connectivity index (χ0v) is 12.2. The van der Waals surface area contributed by atoms with E-state index < -0.39 is 0 Å². The molecule has 0 aliphatic carbocycles. The number of anilines is 2. The summed E-state index contributed by atoms with van der Waals surface area (Å²) in [4.78, 5) is 11.8. The number of aromatic nitrogens is 3. The molecule has 0 amide bonds. The highest BCUT2D eigenvalue weighted by Gasteiger charge is 2.11. The standard InChI is InChI=1S/C15H14ClN5/c1-9(18-15-20-13(16)19-14(17)21-15)11-8-4-6-10-5-2-3-7-12(10)11/h2-9H,1H3,(H3,17,18,19,20,21). The molecule has 0 bridgehead atoms. The van der Waals surface area contributed by atoms with Gasteiger partial charge in [0, 0.05) is 0 Å². The predicted molar refractivity (Wildman–Crippen MR) is 85.2 cm³/mol. The quantitative estimate of drug-likeness (QED) is 0.775. The molecule has 3 N–H and O–H groups in total. The predicted octanol–water partition coefficient (Wildman–Crippen LogP) is 3.43. The van der Waals surface area contributed by atoms with Crippen molar-refractivity contribution >= 4 is 34.3 Å². The fraction of sp³-hybridized carbons (Fsp3) is 0.133. The number of hydrogen-bond donors (Lipinski definition) is 2. The highest BCUT2D eigenvalue weighted by molar-refractivity contribution is 6.28. The first-order chi connectivity index (χ1) is 10.1. The van der Waals surface area contributed by atoms with E-state index in [1.165, 1.54) is 10.8 Å². The van der Waals surface area contributed by atoms with Crippen molar-refractivity contribution in [3.05, 3.63) is 53.3 Å². The van der Waals surface area contributed by atoms with Gasteiger partial charge in [-0.3, -0.25) is 0 Å². The normalized spacial score (nSPS) is 12.3. The second-order valence-corrected chi connectivity index (χ2v) is 5.06. The molecule has 1 atom stereocenters. The van der Waals surface area contributed by atoms with Gasteiger partial charge < -0.3 is 11.1 Å². The number of nitrogen functional groups attached to an aromatic ring is 1. The highest BCUT2D eigenvalue weighted by atomic mass is 35.5. The summed E-state index contributed by atoms with van der Waals surface area (Å²) in [5, 5.41) is 5.66. The van der Waals surface area contributed by atoms with E-state index in [9.17, 15) is 0 Å². The Kier molecular flexibility index (Phi) is 3.58. The van der Waals surface area contributed by atoms with Crippen LogP contribution >= 0.6 is 11.6 Å². The monoisotopic (exact) mass is 299 g/mol. The minimum atomic E-state index is 0.00830. The molecule has 1 heterocycles. The first kappa shape index (κ1) is 13.6. The average Bonchev–Trinajstić information content (AvgIpc) is 2.45. The topological polar surface area (TPSA) is 76.7 Å². The largest absolute Gasteiger partial charge is 0.368 e. The molecular weight excluding hydrogens is 286 g/mol. The molecule has 3 rings (SSSR count). The van der Waals surface area contributed by atoms with Crippen LogP contribution in [0.25, 0.3) is 10.8 Å². The molecule has 0 radical (unpaired) electrons. The Labute approximate surface area is 127 Å². The zero-order chi connectivity index (χ0) is 14.8. The number of rotatable bonds is 3. The Bertz CT molecular complexity index is 764. The summed E-state index contributed by atoms with van der Waals surface area (Å²) in [5.41, 5.74) is 6.73. The third kappa shape index (κ3) is 2.87. The van der Waals surface area contributed by atoms with Gasteiger partial charge in [-0.2, -0.15) is 15.0 Å². The molecule has 0 spiro atoms. The first-order valence-electron chi connectivity index (χ1n) is 6.55. The summed E-state index contributed by atoms with van der Waals surface area (Å²) in [6.07, 6.45) is 0. The molecule has 0 aliphatic rings. The number of nitrogens with zero attached hydrogens (tertiary/aromatic N) is 3. The Hall–Kier alpha value is -2.40. The van der Waals surface area contributed by atoms with Gasteiger partial charge in [0.2, 0.25) is 17.2 Å². The maximum Gasteiger partial charge on any atom is 0.229 e. The fourth-order valence-electron chi connectivity index (χ4n) is 2.33. The van der Waals surface area contributed by atoms with Crippen LogP contribution in [-0.2, 0) is 0 Å². The van der Waals surface area contributed by atoms with Gasteiger partial charge >= 0.3 is 0 Å². The van der Waals surface area contributed by atoms with Gasteiger partial charge in [0.1, 0.15) is 0 Å². The maximum absolute atomic E-state index is 5.79. The van der Waals surface area contributed by atoms with E-state index in [-0.39, 0.29) is 17.3 Å². The third-order valence-corrected chi connectivity index (χ3v) is 3.43. The Morgan fingerprint density at radius 2 is 1.81 bits per heavy atom. The van der Waals surface area contributed by atoms with Crippen LogP contribution in [0.2, 0.25) is 5.28 Å². The number of halogens is 1. The van der Waals surface area contributed by atoms with Gasteiger partial charge in [0.05, 0.1) is 6.04 Å². The van der Waals surface area contributed by atoms with E-state index in [4.69, 9.17) is 17.3 Å². The van der Waals surface area contributed by atoms with E-state index in [1.807, 2.05) is 25.1 Å². The van der Waals surface area contributed by atoms with Crippen molar-refractivity contribution in [1.82, 2.24) is 15.0 Å². The van der Waals surface area contributed by atoms with Gasteiger partial charge in [-0.25, -0.2) is 0 Å². The lowest BCUT2D eigenvalue weighted by atomic mass is 10.00. The molecule has 1 aromatic heterocycles. The lowest BCUT2D eigenvalue weighted by Crippen LogP contribution is -2.11. The molecule has 1 unspecified atom stereocenters. The van der Waals surface area contributed by atoms with Gasteiger partial charge in [0.15, 0.2) is 0 Å². The Morgan fingerprint density at radius 1 is 1.05 bits per heavy atom. The lowest BCUT2D eigenvalue weighted by Gasteiger charge is -2.16. The zero-order valence-electron chi connectivity index (χ0n) is 11.4. The van der Waals surface area contributed by atoms with Crippen molar-refractivity contribution in [2.75, 3.05) is 11.1 Å². The second-order valence-electron chi connectivity index (χ2n) is 4.72. The molecule has 6 heteroatoms. The van der Waals surface area contributed by atoms with Crippen LogP contribution in [0.3, 0.4) is 0 Å². The lowest BCUT2D eigenvalue weighted by molar-refractivity contribution is 0.863. The molecule has 2 aromatic carbocycles. The average molecular weight is 300 g/mol. The molecular formula is C15H14ClN5. The van der Waals surface area contributed by atoms with Crippen molar-refractivity contribution in [1.29, 1.82) is 0 Å². The molecule has 0 saturated heterocycles. The van der Waals surface area contributed by atoms with Crippen LogP contribution in [0.5, 0.6) is 0 Å². The van der Waals surface area contributed by atoms with Crippen LogP contribution in [0.4, 0.5) is 11.9 Å². The smallest absolute Gasteiger partial charge is 0.229 e. The van der Waals surface area contributed by atoms with Crippen LogP contribution < -0.4 is 11.1 Å². The van der Waals surface area contributed by atoms with Crippen LogP contribution in [0.1, 0.15) is 18.5 Å². The summed E-state index contributed by atoms with van der Waals surface area (Å²) in [5.74, 6) is 0.468. The summed E-state index contributed by atoms with van der Waals surface area (Å²) in [7, 11) is 0. The molecule has 0 saturated carbocycles. The summed E-state index contributed by atoms with van der Waals surface area (Å²) < 4.78 is 0. The van der Waals surface area contributed by atoms with Crippen molar-refractivity contribution in [3.63, 3.8) is 0 Å². The number of benzene rings is 2. The molecule has 3 aromatic rings. The summed E-state index contributed by atoms with van der Waals surface area (Å²) >= 11 is 5.79. The number of fused-ring (bicyclic) bond motifs is 1. The molecule has 5 nitrogen and oxygen atoms in total. The summed E-state index contributed by atoms with van der Waals surface area (Å²) in [6, 6.07) is 14.4. The van der Waals surface area contributed by atoms with Gasteiger partial charge in [-0.05, 0) is 34.9 Å². The number of nitrogens with two attached hydrogens (primary N) is 1. The van der Waals surface area contributed by atoms with Crippen molar-refractivity contribution < 1.29 is 0 Å². The highest BCUT2D eigenvalue weighted by Crippen LogP contribution is 2.26. The number of nitrogens with one attached hydrogen (secondary N) is 1. The minimum absolute atomic E-state index is 0.00830. The van der Waals surface area contributed by atoms with E-state index in [0.717, 1.165) is 5.56 Å². The first-order valence-corrected chi connectivity index (χ1v) is 6.92. The van der Waals surface area contributed by atoms with E-state index >= 15 is 0 Å². The van der Waals surface area contributed by atoms with E-state index in [1.54, 1.807) is 0 Å². The van der Waals surface area contributed by atoms with Crippen molar-refractivity contribution in [2.24, 2.45) is 0 Å². The molecule has 21 heavy (non-hydrogen) atoms. The Balaban J connectivity index is 1.95. The maximum atomic E-state index is 5.79. The van der Waals surface area contributed by atoms with Crippen molar-refractivity contribution in [2.45, 2.75) is 13.0 Å². The molecule has 0 fully saturated rings. The van der Waals surface area contributed by atoms with Gasteiger partial charge in [-0.1, -0.05) is 42.5 Å². The fourth-order valence-corrected chi connectivity index (χ4v) is 2.50. The van der Waals surface area contributed by atoms with E-state index in [0.29, 0.717) is 5.95 Å². The minimum Gasteiger partial charge on any atom is -0.368 e. The van der Waals surface area contributed by atoms with Crippen LogP contribution in [-0.4, -0.2) is 15.0 Å². The Morgan fingerprint density at radius 3 is 2.62 bits per heavy atom. The van der Waals surface area contributed by atoms with Gasteiger partial charge in [0.25, 0.3) is 0 Å². The number of hydrogen-bond acceptors (Lipinski definition) is 5.